The second-order valence-electron chi connectivity index (χ2n) is 6.04. The summed E-state index contributed by atoms with van der Waals surface area (Å²) in [6.45, 7) is 0. The maximum absolute atomic E-state index is 12.5. The molecule has 0 saturated carbocycles. The Kier molecular flexibility index (Phi) is 6.91. The van der Waals surface area contributed by atoms with Crippen LogP contribution in [-0.4, -0.2) is 23.9 Å². The fourth-order valence-electron chi connectivity index (χ4n) is 2.48. The highest BCUT2D eigenvalue weighted by Crippen LogP contribution is 2.17. The first kappa shape index (κ1) is 20.8. The van der Waals surface area contributed by atoms with Crippen LogP contribution >= 0.6 is 11.6 Å². The van der Waals surface area contributed by atoms with E-state index in [9.17, 15) is 14.4 Å². The molecule has 0 spiro atoms. The molecule has 3 amide bonds. The minimum absolute atomic E-state index is 0.196. The van der Waals surface area contributed by atoms with Crippen LogP contribution in [0.15, 0.2) is 84.0 Å². The van der Waals surface area contributed by atoms with E-state index in [1.165, 1.54) is 12.3 Å². The first-order chi connectivity index (χ1) is 14.5. The molecular formula is C22H17ClN4O3. The zero-order valence-corrected chi connectivity index (χ0v) is 16.4. The van der Waals surface area contributed by atoms with Crippen molar-refractivity contribution in [2.24, 2.45) is 5.10 Å². The second-order valence-corrected chi connectivity index (χ2v) is 6.45. The van der Waals surface area contributed by atoms with E-state index in [4.69, 9.17) is 11.6 Å². The molecule has 30 heavy (non-hydrogen) atoms. The van der Waals surface area contributed by atoms with E-state index in [0.717, 1.165) is 0 Å². The zero-order chi connectivity index (χ0) is 21.3. The van der Waals surface area contributed by atoms with E-state index in [0.29, 0.717) is 16.3 Å². The van der Waals surface area contributed by atoms with Crippen LogP contribution in [0.4, 0.5) is 11.4 Å². The van der Waals surface area contributed by atoms with Crippen molar-refractivity contribution in [3.8, 4) is 0 Å². The van der Waals surface area contributed by atoms with Gasteiger partial charge in [0.15, 0.2) is 0 Å². The van der Waals surface area contributed by atoms with E-state index in [1.807, 2.05) is 6.07 Å². The number of carbonyl (C=O) groups excluding carboxylic acids is 3. The van der Waals surface area contributed by atoms with Crippen LogP contribution in [0.3, 0.4) is 0 Å². The van der Waals surface area contributed by atoms with Crippen molar-refractivity contribution in [1.82, 2.24) is 5.43 Å². The van der Waals surface area contributed by atoms with E-state index in [-0.39, 0.29) is 11.3 Å². The molecule has 8 heteroatoms. The van der Waals surface area contributed by atoms with Gasteiger partial charge in [0.1, 0.15) is 0 Å². The highest BCUT2D eigenvalue weighted by molar-refractivity contribution is 6.40. The van der Waals surface area contributed by atoms with Gasteiger partial charge in [-0.25, -0.2) is 5.43 Å². The summed E-state index contributed by atoms with van der Waals surface area (Å²) in [6, 6.07) is 22.2. The molecule has 0 fully saturated rings. The molecule has 0 aromatic heterocycles. The average Bonchev–Trinajstić information content (AvgIpc) is 2.76. The van der Waals surface area contributed by atoms with Crippen molar-refractivity contribution in [1.29, 1.82) is 0 Å². The third kappa shape index (κ3) is 5.52. The normalized spacial score (nSPS) is 10.4. The fraction of sp³-hybridized carbons (Fsp3) is 0. The maximum atomic E-state index is 12.5. The monoisotopic (exact) mass is 420 g/mol. The molecule has 0 unspecified atom stereocenters. The summed E-state index contributed by atoms with van der Waals surface area (Å²) in [5, 5.41) is 9.34. The molecule has 7 nitrogen and oxygen atoms in total. The van der Waals surface area contributed by atoms with Crippen LogP contribution in [0.5, 0.6) is 0 Å². The minimum Gasteiger partial charge on any atom is -0.322 e. The summed E-state index contributed by atoms with van der Waals surface area (Å²) in [5.74, 6) is -2.38. The minimum atomic E-state index is -0.989. The average molecular weight is 421 g/mol. The quantitative estimate of drug-likeness (QED) is 0.333. The van der Waals surface area contributed by atoms with E-state index in [2.05, 4.69) is 21.2 Å². The zero-order valence-electron chi connectivity index (χ0n) is 15.6. The Balaban J connectivity index is 1.64. The molecule has 0 heterocycles. The summed E-state index contributed by atoms with van der Waals surface area (Å²) >= 11 is 5.99. The Morgan fingerprint density at radius 3 is 2.20 bits per heavy atom. The van der Waals surface area contributed by atoms with Crippen molar-refractivity contribution < 1.29 is 14.4 Å². The van der Waals surface area contributed by atoms with Gasteiger partial charge in [-0.3, -0.25) is 14.4 Å². The van der Waals surface area contributed by atoms with Gasteiger partial charge in [0.2, 0.25) is 0 Å². The van der Waals surface area contributed by atoms with Gasteiger partial charge >= 0.3 is 11.8 Å². The van der Waals surface area contributed by atoms with Crippen molar-refractivity contribution in [2.45, 2.75) is 0 Å². The number of halogens is 1. The lowest BCUT2D eigenvalue weighted by Crippen LogP contribution is -2.33. The number of anilines is 2. The summed E-state index contributed by atoms with van der Waals surface area (Å²) < 4.78 is 0. The van der Waals surface area contributed by atoms with Gasteiger partial charge in [0.25, 0.3) is 5.91 Å². The molecule has 3 aromatic carbocycles. The first-order valence-electron chi connectivity index (χ1n) is 8.89. The van der Waals surface area contributed by atoms with Crippen LogP contribution in [-0.2, 0) is 9.59 Å². The van der Waals surface area contributed by atoms with Crippen molar-refractivity contribution in [3.63, 3.8) is 0 Å². The smallest absolute Gasteiger partial charge is 0.322 e. The molecule has 0 bridgehead atoms. The number of benzene rings is 3. The van der Waals surface area contributed by atoms with Crippen LogP contribution in [0.2, 0.25) is 5.02 Å². The number of nitrogens with one attached hydrogen (secondary N) is 3. The summed E-state index contributed by atoms with van der Waals surface area (Å²) in [4.78, 5) is 36.8. The molecule has 3 rings (SSSR count). The maximum Gasteiger partial charge on any atom is 0.329 e. The van der Waals surface area contributed by atoms with Gasteiger partial charge in [-0.05, 0) is 30.3 Å². The number of hydrogen-bond acceptors (Lipinski definition) is 4. The van der Waals surface area contributed by atoms with Crippen LogP contribution in [0.25, 0.3) is 0 Å². The molecule has 0 saturated heterocycles. The number of para-hydroxylation sites is 2. The Morgan fingerprint density at radius 1 is 0.767 bits per heavy atom. The molecule has 0 aliphatic rings. The molecule has 0 atom stereocenters. The predicted octanol–water partition coefficient (Wildman–Crippen LogP) is 3.68. The van der Waals surface area contributed by atoms with Crippen LogP contribution in [0, 0.1) is 0 Å². The number of hydrazone groups is 1. The van der Waals surface area contributed by atoms with E-state index >= 15 is 0 Å². The van der Waals surface area contributed by atoms with Gasteiger partial charge in [0.05, 0.1) is 17.5 Å². The number of amides is 3. The van der Waals surface area contributed by atoms with Crippen molar-refractivity contribution in [3.05, 3.63) is 95.0 Å². The van der Waals surface area contributed by atoms with Crippen molar-refractivity contribution in [2.75, 3.05) is 10.6 Å². The summed E-state index contributed by atoms with van der Waals surface area (Å²) in [5.41, 5.74) is 3.72. The number of rotatable bonds is 5. The SMILES string of the molecule is O=C(NN=Cc1ccccc1Cl)C(=O)Nc1ccccc1C(=O)Nc1ccccc1. The van der Waals surface area contributed by atoms with Crippen LogP contribution in [0.1, 0.15) is 15.9 Å². The number of carbonyl (C=O) groups is 3. The van der Waals surface area contributed by atoms with Gasteiger partial charge in [-0.2, -0.15) is 5.10 Å². The standard InChI is InChI=1S/C22H17ClN4O3/c23-18-12-6-4-8-15(18)14-24-27-22(30)21(29)26-19-13-7-5-11-17(19)20(28)25-16-9-2-1-3-10-16/h1-14H,(H,25,28)(H,26,29)(H,27,30). The van der Waals surface area contributed by atoms with Gasteiger partial charge in [-0.15, -0.1) is 0 Å². The Hall–Kier alpha value is -3.97. The topological polar surface area (TPSA) is 99.7 Å². The largest absolute Gasteiger partial charge is 0.329 e. The Morgan fingerprint density at radius 2 is 1.43 bits per heavy atom. The summed E-state index contributed by atoms with van der Waals surface area (Å²) in [7, 11) is 0. The van der Waals surface area contributed by atoms with Crippen LogP contribution < -0.4 is 16.1 Å². The summed E-state index contributed by atoms with van der Waals surface area (Å²) in [6.07, 6.45) is 1.33. The second kappa shape index (κ2) is 9.99. The molecule has 3 N–H and O–H groups in total. The lowest BCUT2D eigenvalue weighted by Gasteiger charge is -2.11. The van der Waals surface area contributed by atoms with Gasteiger partial charge < -0.3 is 10.6 Å². The number of nitrogens with zero attached hydrogens (tertiary/aromatic N) is 1. The van der Waals surface area contributed by atoms with Gasteiger partial charge in [0, 0.05) is 16.3 Å². The fourth-order valence-corrected chi connectivity index (χ4v) is 2.66. The Bertz CT molecular complexity index is 1100. The molecule has 0 aliphatic heterocycles. The molecule has 0 aliphatic carbocycles. The highest BCUT2D eigenvalue weighted by atomic mass is 35.5. The third-order valence-corrected chi connectivity index (χ3v) is 4.28. The lowest BCUT2D eigenvalue weighted by molar-refractivity contribution is -0.136. The van der Waals surface area contributed by atoms with E-state index < -0.39 is 17.7 Å². The molecule has 150 valence electrons. The Labute approximate surface area is 177 Å². The predicted molar refractivity (Wildman–Crippen MR) is 117 cm³/mol. The highest BCUT2D eigenvalue weighted by Gasteiger charge is 2.17. The lowest BCUT2D eigenvalue weighted by atomic mass is 10.1. The third-order valence-electron chi connectivity index (χ3n) is 3.93. The number of hydrogen-bond donors (Lipinski definition) is 3. The first-order valence-corrected chi connectivity index (χ1v) is 9.27. The van der Waals surface area contributed by atoms with Crippen molar-refractivity contribution >= 4 is 46.9 Å². The van der Waals surface area contributed by atoms with E-state index in [1.54, 1.807) is 66.7 Å². The molecule has 3 aromatic rings. The molecule has 0 radical (unpaired) electrons. The molecular weight excluding hydrogens is 404 g/mol. The van der Waals surface area contributed by atoms with Gasteiger partial charge in [-0.1, -0.05) is 60.1 Å².